The average molecular weight is 462 g/mol. The lowest BCUT2D eigenvalue weighted by Crippen LogP contribution is -2.26. The average Bonchev–Trinajstić information content (AvgIpc) is 3.38. The van der Waals surface area contributed by atoms with Gasteiger partial charge in [0.1, 0.15) is 5.82 Å². The Morgan fingerprint density at radius 2 is 1.92 bits per heavy atom. The number of hydroxylamine groups is 1. The van der Waals surface area contributed by atoms with Crippen LogP contribution in [0.2, 0.25) is 0 Å². The summed E-state index contributed by atoms with van der Waals surface area (Å²) in [5, 5.41) is 2.46. The smallest absolute Gasteiger partial charge is 0.277 e. The Balaban J connectivity index is 1.85. The third-order valence-corrected chi connectivity index (χ3v) is 4.38. The Labute approximate surface area is 155 Å². The van der Waals surface area contributed by atoms with Crippen molar-refractivity contribution in [3.05, 3.63) is 56.9 Å². The highest BCUT2D eigenvalue weighted by Crippen LogP contribution is 2.30. The predicted octanol–water partition coefficient (Wildman–Crippen LogP) is 4.52. The largest absolute Gasteiger partial charge is 0.350 e. The van der Waals surface area contributed by atoms with E-state index < -0.39 is 29.0 Å². The van der Waals surface area contributed by atoms with Crippen molar-refractivity contribution in [2.24, 2.45) is 5.92 Å². The van der Waals surface area contributed by atoms with Crippen molar-refractivity contribution in [1.29, 1.82) is 0 Å². The molecule has 0 atom stereocenters. The number of hydrogen-bond donors (Lipinski definition) is 2. The first-order valence-corrected chi connectivity index (χ1v) is 8.66. The van der Waals surface area contributed by atoms with Crippen molar-refractivity contribution < 1.29 is 22.8 Å². The minimum Gasteiger partial charge on any atom is -0.350 e. The summed E-state index contributed by atoms with van der Waals surface area (Å²) in [5.74, 6) is -3.39. The van der Waals surface area contributed by atoms with E-state index in [1.807, 2.05) is 22.6 Å². The van der Waals surface area contributed by atoms with Crippen molar-refractivity contribution in [2.75, 3.05) is 11.9 Å². The molecule has 2 aromatic carbocycles. The van der Waals surface area contributed by atoms with E-state index in [9.17, 15) is 18.0 Å². The normalized spacial score (nSPS) is 13.6. The number of carbonyl (C=O) groups excluding carboxylic acids is 1. The van der Waals surface area contributed by atoms with Gasteiger partial charge in [0.25, 0.3) is 5.91 Å². The number of amides is 1. The molecule has 2 N–H and O–H groups in total. The van der Waals surface area contributed by atoms with E-state index in [0.717, 1.165) is 25.0 Å². The molecule has 1 aliphatic rings. The number of benzene rings is 2. The van der Waals surface area contributed by atoms with Gasteiger partial charge >= 0.3 is 0 Å². The van der Waals surface area contributed by atoms with Gasteiger partial charge in [-0.05, 0) is 71.7 Å². The molecule has 0 bridgehead atoms. The van der Waals surface area contributed by atoms with Crippen LogP contribution in [-0.4, -0.2) is 12.5 Å². The molecule has 3 rings (SSSR count). The number of hydrogen-bond acceptors (Lipinski definition) is 3. The zero-order valence-electron chi connectivity index (χ0n) is 12.9. The van der Waals surface area contributed by atoms with Crippen LogP contribution in [-0.2, 0) is 4.84 Å². The van der Waals surface area contributed by atoms with E-state index in [1.54, 1.807) is 6.07 Å². The van der Waals surface area contributed by atoms with Gasteiger partial charge in [-0.15, -0.1) is 0 Å². The van der Waals surface area contributed by atoms with Crippen LogP contribution < -0.4 is 10.8 Å². The van der Waals surface area contributed by atoms with Crippen LogP contribution in [0.25, 0.3) is 0 Å². The maximum Gasteiger partial charge on any atom is 0.277 e. The molecule has 0 unspecified atom stereocenters. The van der Waals surface area contributed by atoms with Crippen LogP contribution in [0.15, 0.2) is 30.3 Å². The third-order valence-electron chi connectivity index (χ3n) is 3.71. The number of rotatable bonds is 6. The predicted molar refractivity (Wildman–Crippen MR) is 94.9 cm³/mol. The van der Waals surface area contributed by atoms with E-state index in [1.165, 1.54) is 12.1 Å². The van der Waals surface area contributed by atoms with Gasteiger partial charge in [-0.3, -0.25) is 9.63 Å². The van der Waals surface area contributed by atoms with Crippen LogP contribution >= 0.6 is 22.6 Å². The van der Waals surface area contributed by atoms with Gasteiger partial charge in [-0.1, -0.05) is 0 Å². The van der Waals surface area contributed by atoms with Gasteiger partial charge in [-0.2, -0.15) is 0 Å². The lowest BCUT2D eigenvalue weighted by molar-refractivity contribution is 0.0270. The first kappa shape index (κ1) is 18.0. The van der Waals surface area contributed by atoms with Crippen molar-refractivity contribution in [3.8, 4) is 0 Å². The molecule has 4 nitrogen and oxygen atoms in total. The summed E-state index contributed by atoms with van der Waals surface area (Å²) in [6.45, 7) is 0.365. The molecule has 8 heteroatoms. The lowest BCUT2D eigenvalue weighted by atomic mass is 10.1. The Morgan fingerprint density at radius 1 is 1.16 bits per heavy atom. The van der Waals surface area contributed by atoms with Crippen LogP contribution in [0.5, 0.6) is 0 Å². The highest BCUT2D eigenvalue weighted by molar-refractivity contribution is 14.1. The first-order chi connectivity index (χ1) is 12.0. The fourth-order valence-electron chi connectivity index (χ4n) is 2.15. The molecule has 0 aromatic heterocycles. The SMILES string of the molecule is O=C(NOCC1CC1)c1ccc(F)c(F)c1Nc1ccc(I)cc1F. The van der Waals surface area contributed by atoms with Crippen LogP contribution in [0.1, 0.15) is 23.2 Å². The summed E-state index contributed by atoms with van der Waals surface area (Å²) < 4.78 is 42.4. The summed E-state index contributed by atoms with van der Waals surface area (Å²) in [7, 11) is 0. The topological polar surface area (TPSA) is 50.4 Å². The fraction of sp³-hybridized carbons (Fsp3) is 0.235. The monoisotopic (exact) mass is 462 g/mol. The Morgan fingerprint density at radius 3 is 2.60 bits per heavy atom. The molecular formula is C17H14F3IN2O2. The van der Waals surface area contributed by atoms with Gasteiger partial charge in [-0.25, -0.2) is 18.7 Å². The first-order valence-electron chi connectivity index (χ1n) is 7.58. The van der Waals surface area contributed by atoms with Crippen LogP contribution in [0.4, 0.5) is 24.5 Å². The number of nitrogens with one attached hydrogen (secondary N) is 2. The number of halogens is 4. The summed E-state index contributed by atoms with van der Waals surface area (Å²) in [6.07, 6.45) is 2.08. The van der Waals surface area contributed by atoms with Gasteiger partial charge in [0.2, 0.25) is 0 Å². The van der Waals surface area contributed by atoms with Crippen LogP contribution in [0, 0.1) is 26.9 Å². The fourth-order valence-corrected chi connectivity index (χ4v) is 2.61. The van der Waals surface area contributed by atoms with Gasteiger partial charge < -0.3 is 5.32 Å². The maximum atomic E-state index is 14.2. The van der Waals surface area contributed by atoms with Crippen molar-refractivity contribution in [1.82, 2.24) is 5.48 Å². The van der Waals surface area contributed by atoms with E-state index >= 15 is 0 Å². The quantitative estimate of drug-likeness (QED) is 0.491. The van der Waals surface area contributed by atoms with Crippen molar-refractivity contribution >= 4 is 39.9 Å². The molecule has 1 amide bonds. The molecule has 1 fully saturated rings. The third kappa shape index (κ3) is 4.43. The van der Waals surface area contributed by atoms with Gasteiger partial charge in [0, 0.05) is 3.57 Å². The zero-order valence-corrected chi connectivity index (χ0v) is 15.1. The van der Waals surface area contributed by atoms with E-state index in [0.29, 0.717) is 16.1 Å². The minimum absolute atomic E-state index is 0.0714. The standard InChI is InChI=1S/C17H14F3IN2O2/c18-12-5-4-11(17(24)23-25-8-9-1-2-9)16(15(12)20)22-14-6-3-10(21)7-13(14)19/h3-7,9,22H,1-2,8H2,(H,23,24). The van der Waals surface area contributed by atoms with E-state index in [-0.39, 0.29) is 11.3 Å². The molecule has 2 aromatic rings. The van der Waals surface area contributed by atoms with Gasteiger partial charge in [0.05, 0.1) is 23.5 Å². The highest BCUT2D eigenvalue weighted by Gasteiger charge is 2.23. The second-order valence-corrected chi connectivity index (χ2v) is 6.96. The Bertz CT molecular complexity index is 813. The molecule has 132 valence electrons. The number of carbonyl (C=O) groups is 1. The molecule has 1 aliphatic carbocycles. The molecule has 0 heterocycles. The van der Waals surface area contributed by atoms with E-state index in [4.69, 9.17) is 4.84 Å². The summed E-state index contributed by atoms with van der Waals surface area (Å²) in [6, 6.07) is 6.16. The minimum atomic E-state index is -1.27. The molecule has 0 spiro atoms. The van der Waals surface area contributed by atoms with Crippen molar-refractivity contribution in [2.45, 2.75) is 12.8 Å². The molecule has 1 saturated carbocycles. The van der Waals surface area contributed by atoms with Gasteiger partial charge in [0.15, 0.2) is 11.6 Å². The molecule has 0 aliphatic heterocycles. The maximum absolute atomic E-state index is 14.2. The molecule has 25 heavy (non-hydrogen) atoms. The number of anilines is 2. The van der Waals surface area contributed by atoms with Crippen molar-refractivity contribution in [3.63, 3.8) is 0 Å². The Hall–Kier alpha value is -1.81. The summed E-state index contributed by atoms with van der Waals surface area (Å²) in [5.41, 5.74) is 1.49. The molecule has 0 saturated heterocycles. The second-order valence-electron chi connectivity index (χ2n) is 5.72. The molecular weight excluding hydrogens is 448 g/mol. The lowest BCUT2D eigenvalue weighted by Gasteiger charge is -2.14. The second kappa shape index (κ2) is 7.61. The van der Waals surface area contributed by atoms with Crippen LogP contribution in [0.3, 0.4) is 0 Å². The Kier molecular flexibility index (Phi) is 5.48. The zero-order chi connectivity index (χ0) is 18.0. The van der Waals surface area contributed by atoms with E-state index in [2.05, 4.69) is 10.8 Å². The summed E-state index contributed by atoms with van der Waals surface area (Å²) >= 11 is 1.93. The summed E-state index contributed by atoms with van der Waals surface area (Å²) in [4.78, 5) is 17.3. The molecule has 0 radical (unpaired) electrons. The highest BCUT2D eigenvalue weighted by atomic mass is 127.